The van der Waals surface area contributed by atoms with Crippen LogP contribution in [0.1, 0.15) is 6.92 Å². The number of benzene rings is 1. The van der Waals surface area contributed by atoms with Crippen molar-refractivity contribution in [3.63, 3.8) is 0 Å². The Balaban J connectivity index is 2.83. The summed E-state index contributed by atoms with van der Waals surface area (Å²) in [6.45, 7) is 1.96. The lowest BCUT2D eigenvalue weighted by Gasteiger charge is -2.04. The highest BCUT2D eigenvalue weighted by Gasteiger charge is 2.17. The summed E-state index contributed by atoms with van der Waals surface area (Å²) in [6.07, 6.45) is 0. The molecule has 0 aliphatic rings. The number of sulfone groups is 1. The van der Waals surface area contributed by atoms with Gasteiger partial charge in [0.05, 0.1) is 5.75 Å². The van der Waals surface area contributed by atoms with Crippen LogP contribution in [0.4, 0.5) is 4.39 Å². The van der Waals surface area contributed by atoms with E-state index in [1.807, 2.05) is 6.92 Å². The molecule has 0 unspecified atom stereocenters. The van der Waals surface area contributed by atoms with Crippen molar-refractivity contribution in [3.05, 3.63) is 30.1 Å². The van der Waals surface area contributed by atoms with Crippen LogP contribution in [0, 0.1) is 5.82 Å². The summed E-state index contributed by atoms with van der Waals surface area (Å²) >= 11 is 1.53. The first-order valence-corrected chi connectivity index (χ1v) is 7.43. The van der Waals surface area contributed by atoms with E-state index in [1.54, 1.807) is 0 Å². The maximum Gasteiger partial charge on any atom is 0.182 e. The molecule has 84 valence electrons. The SMILES string of the molecule is CCSCCS(=O)(=O)c1ccccc1F. The van der Waals surface area contributed by atoms with Crippen molar-refractivity contribution in [1.82, 2.24) is 0 Å². The highest BCUT2D eigenvalue weighted by atomic mass is 32.2. The maximum absolute atomic E-state index is 13.2. The van der Waals surface area contributed by atoms with Gasteiger partial charge in [0.25, 0.3) is 0 Å². The van der Waals surface area contributed by atoms with Crippen LogP contribution in [-0.4, -0.2) is 25.7 Å². The minimum absolute atomic E-state index is 0.00750. The van der Waals surface area contributed by atoms with E-state index in [9.17, 15) is 12.8 Å². The maximum atomic E-state index is 13.2. The molecule has 1 aromatic carbocycles. The van der Waals surface area contributed by atoms with Gasteiger partial charge < -0.3 is 0 Å². The number of halogens is 1. The van der Waals surface area contributed by atoms with Gasteiger partial charge in [0.15, 0.2) is 9.84 Å². The number of hydrogen-bond acceptors (Lipinski definition) is 3. The summed E-state index contributed by atoms with van der Waals surface area (Å²) in [6, 6.07) is 5.49. The monoisotopic (exact) mass is 248 g/mol. The van der Waals surface area contributed by atoms with Gasteiger partial charge in [-0.1, -0.05) is 19.1 Å². The van der Waals surface area contributed by atoms with Crippen LogP contribution in [0.15, 0.2) is 29.2 Å². The van der Waals surface area contributed by atoms with Gasteiger partial charge >= 0.3 is 0 Å². The molecule has 1 aromatic rings. The minimum atomic E-state index is -3.46. The summed E-state index contributed by atoms with van der Waals surface area (Å²) in [4.78, 5) is -0.193. The van der Waals surface area contributed by atoms with Crippen LogP contribution in [0.2, 0.25) is 0 Å². The first kappa shape index (κ1) is 12.5. The second kappa shape index (κ2) is 5.51. The molecule has 1 rings (SSSR count). The Morgan fingerprint density at radius 2 is 2.00 bits per heavy atom. The largest absolute Gasteiger partial charge is 0.224 e. The van der Waals surface area contributed by atoms with E-state index in [1.165, 1.54) is 36.0 Å². The second-order valence-electron chi connectivity index (χ2n) is 2.95. The zero-order valence-corrected chi connectivity index (χ0v) is 10.1. The zero-order chi connectivity index (χ0) is 11.3. The van der Waals surface area contributed by atoms with E-state index in [4.69, 9.17) is 0 Å². The van der Waals surface area contributed by atoms with Gasteiger partial charge in [-0.05, 0) is 17.9 Å². The average molecular weight is 248 g/mol. The molecule has 5 heteroatoms. The topological polar surface area (TPSA) is 34.1 Å². The summed E-state index contributed by atoms with van der Waals surface area (Å²) in [5.74, 6) is 0.700. The van der Waals surface area contributed by atoms with Gasteiger partial charge in [0.1, 0.15) is 10.7 Å². The lowest BCUT2D eigenvalue weighted by atomic mass is 10.3. The molecule has 15 heavy (non-hydrogen) atoms. The van der Waals surface area contributed by atoms with Gasteiger partial charge in [0.2, 0.25) is 0 Å². The molecule has 0 aliphatic carbocycles. The van der Waals surface area contributed by atoms with Crippen molar-refractivity contribution in [2.24, 2.45) is 0 Å². The summed E-state index contributed by atoms with van der Waals surface area (Å²) in [5.41, 5.74) is 0. The fraction of sp³-hybridized carbons (Fsp3) is 0.400. The first-order valence-electron chi connectivity index (χ1n) is 4.63. The Kier molecular flexibility index (Phi) is 4.60. The van der Waals surface area contributed by atoms with Crippen LogP contribution < -0.4 is 0 Å². The Labute approximate surface area is 93.8 Å². The van der Waals surface area contributed by atoms with E-state index in [0.717, 1.165) is 5.75 Å². The quantitative estimate of drug-likeness (QED) is 0.750. The predicted octanol–water partition coefficient (Wildman–Crippen LogP) is 2.35. The Morgan fingerprint density at radius 1 is 1.33 bits per heavy atom. The van der Waals surface area contributed by atoms with E-state index < -0.39 is 15.7 Å². The summed E-state index contributed by atoms with van der Waals surface area (Å²) < 4.78 is 36.6. The molecule has 0 saturated heterocycles. The molecule has 0 fully saturated rings. The second-order valence-corrected chi connectivity index (χ2v) is 6.42. The van der Waals surface area contributed by atoms with Gasteiger partial charge in [-0.2, -0.15) is 11.8 Å². The van der Waals surface area contributed by atoms with Crippen LogP contribution >= 0.6 is 11.8 Å². The smallest absolute Gasteiger partial charge is 0.182 e. The zero-order valence-electron chi connectivity index (χ0n) is 8.44. The van der Waals surface area contributed by atoms with E-state index in [0.29, 0.717) is 5.75 Å². The molecule has 0 bridgehead atoms. The van der Waals surface area contributed by atoms with Crippen molar-refractivity contribution in [2.75, 3.05) is 17.3 Å². The van der Waals surface area contributed by atoms with E-state index in [-0.39, 0.29) is 10.6 Å². The van der Waals surface area contributed by atoms with Gasteiger partial charge in [-0.3, -0.25) is 0 Å². The van der Waals surface area contributed by atoms with Gasteiger partial charge in [0, 0.05) is 5.75 Å². The van der Waals surface area contributed by atoms with Crippen molar-refractivity contribution in [1.29, 1.82) is 0 Å². The van der Waals surface area contributed by atoms with Crippen LogP contribution in [-0.2, 0) is 9.84 Å². The molecule has 0 spiro atoms. The molecule has 0 radical (unpaired) electrons. The highest BCUT2D eigenvalue weighted by molar-refractivity contribution is 8.00. The lowest BCUT2D eigenvalue weighted by molar-refractivity contribution is 0.568. The molecular formula is C10H13FO2S2. The van der Waals surface area contributed by atoms with Crippen molar-refractivity contribution < 1.29 is 12.8 Å². The molecule has 0 N–H and O–H groups in total. The Morgan fingerprint density at radius 3 is 2.60 bits per heavy atom. The number of thioether (sulfide) groups is 1. The van der Waals surface area contributed by atoms with E-state index in [2.05, 4.69) is 0 Å². The summed E-state index contributed by atoms with van der Waals surface area (Å²) in [5, 5.41) is 0. The molecule has 0 atom stereocenters. The molecule has 0 amide bonds. The van der Waals surface area contributed by atoms with Crippen molar-refractivity contribution in [3.8, 4) is 0 Å². The Hall–Kier alpha value is -0.550. The van der Waals surface area contributed by atoms with Crippen LogP contribution in [0.5, 0.6) is 0 Å². The number of hydrogen-bond donors (Lipinski definition) is 0. The average Bonchev–Trinajstić information content (AvgIpc) is 2.18. The fourth-order valence-corrected chi connectivity index (χ4v) is 3.63. The molecule has 0 aliphatic heterocycles. The highest BCUT2D eigenvalue weighted by Crippen LogP contribution is 2.16. The molecular weight excluding hydrogens is 235 g/mol. The minimum Gasteiger partial charge on any atom is -0.224 e. The van der Waals surface area contributed by atoms with E-state index >= 15 is 0 Å². The predicted molar refractivity (Wildman–Crippen MR) is 61.5 cm³/mol. The van der Waals surface area contributed by atoms with Crippen LogP contribution in [0.3, 0.4) is 0 Å². The molecule has 0 saturated carbocycles. The normalized spacial score (nSPS) is 11.6. The third-order valence-electron chi connectivity index (χ3n) is 1.87. The lowest BCUT2D eigenvalue weighted by Crippen LogP contribution is -2.10. The third-order valence-corrected chi connectivity index (χ3v) is 4.77. The standard InChI is InChI=1S/C10H13FO2S2/c1-2-14-7-8-15(12,13)10-6-4-3-5-9(10)11/h3-6H,2,7-8H2,1H3. The molecule has 0 aromatic heterocycles. The summed E-state index contributed by atoms with van der Waals surface area (Å²) in [7, 11) is -3.46. The first-order chi connectivity index (χ1) is 7.08. The van der Waals surface area contributed by atoms with Crippen molar-refractivity contribution in [2.45, 2.75) is 11.8 Å². The fourth-order valence-electron chi connectivity index (χ4n) is 1.12. The third kappa shape index (κ3) is 3.50. The van der Waals surface area contributed by atoms with Gasteiger partial charge in [-0.25, -0.2) is 12.8 Å². The molecule has 0 heterocycles. The number of rotatable bonds is 5. The van der Waals surface area contributed by atoms with Crippen LogP contribution in [0.25, 0.3) is 0 Å². The van der Waals surface area contributed by atoms with Crippen molar-refractivity contribution >= 4 is 21.6 Å². The Bertz CT molecular complexity index is 415. The molecule has 2 nitrogen and oxygen atoms in total. The van der Waals surface area contributed by atoms with Gasteiger partial charge in [-0.15, -0.1) is 0 Å².